The molecule has 0 atom stereocenters. The van der Waals surface area contributed by atoms with Gasteiger partial charge in [-0.1, -0.05) is 23.2 Å². The van der Waals surface area contributed by atoms with Crippen LogP contribution in [0.1, 0.15) is 16.8 Å². The summed E-state index contributed by atoms with van der Waals surface area (Å²) >= 11 is 11.6. The van der Waals surface area contributed by atoms with Crippen molar-refractivity contribution in [3.8, 4) is 0 Å². The smallest absolute Gasteiger partial charge is 0.303 e. The molecule has 0 saturated carbocycles. The number of likely N-dealkylation sites (tertiary alicyclic amines) is 1. The van der Waals surface area contributed by atoms with Crippen LogP contribution in [0.3, 0.4) is 0 Å². The number of carbonyl (C=O) groups excluding carboxylic acids is 1. The van der Waals surface area contributed by atoms with Gasteiger partial charge in [-0.3, -0.25) is 9.59 Å². The van der Waals surface area contributed by atoms with Gasteiger partial charge >= 0.3 is 5.97 Å². The number of benzene rings is 1. The van der Waals surface area contributed by atoms with Crippen LogP contribution in [0.25, 0.3) is 0 Å². The Labute approximate surface area is 114 Å². The molecule has 0 radical (unpaired) electrons. The van der Waals surface area contributed by atoms with Crippen LogP contribution in [0.5, 0.6) is 0 Å². The molecule has 1 fully saturated rings. The van der Waals surface area contributed by atoms with E-state index in [1.165, 1.54) is 0 Å². The first-order valence-electron chi connectivity index (χ1n) is 5.43. The average Bonchev–Trinajstić information content (AvgIpc) is 2.20. The van der Waals surface area contributed by atoms with Crippen LogP contribution in [0.4, 0.5) is 0 Å². The molecular weight excluding hydrogens is 277 g/mol. The fraction of sp³-hybridized carbons (Fsp3) is 0.333. The molecule has 1 aliphatic heterocycles. The zero-order valence-electron chi connectivity index (χ0n) is 9.40. The zero-order chi connectivity index (χ0) is 13.3. The lowest BCUT2D eigenvalue weighted by Crippen LogP contribution is -2.50. The minimum absolute atomic E-state index is 0.0427. The summed E-state index contributed by atoms with van der Waals surface area (Å²) in [4.78, 5) is 24.1. The van der Waals surface area contributed by atoms with Gasteiger partial charge in [0.05, 0.1) is 6.42 Å². The second kappa shape index (κ2) is 5.16. The second-order valence-corrected chi connectivity index (χ2v) is 5.21. The highest BCUT2D eigenvalue weighted by atomic mass is 35.5. The van der Waals surface area contributed by atoms with Crippen LogP contribution in [0, 0.1) is 5.92 Å². The van der Waals surface area contributed by atoms with Crippen LogP contribution in [-0.2, 0) is 4.79 Å². The number of halogens is 2. The largest absolute Gasteiger partial charge is 0.481 e. The Morgan fingerprint density at radius 3 is 2.28 bits per heavy atom. The lowest BCUT2D eigenvalue weighted by atomic mass is 9.95. The van der Waals surface area contributed by atoms with E-state index in [0.29, 0.717) is 28.7 Å². The van der Waals surface area contributed by atoms with E-state index < -0.39 is 5.97 Å². The first-order chi connectivity index (χ1) is 8.45. The average molecular weight is 288 g/mol. The quantitative estimate of drug-likeness (QED) is 0.929. The maximum absolute atomic E-state index is 12.0. The number of carboxylic acids is 1. The van der Waals surface area contributed by atoms with E-state index in [4.69, 9.17) is 28.3 Å². The molecule has 2 rings (SSSR count). The molecule has 18 heavy (non-hydrogen) atoms. The Morgan fingerprint density at radius 2 is 1.78 bits per heavy atom. The fourth-order valence-electron chi connectivity index (χ4n) is 1.97. The van der Waals surface area contributed by atoms with Crippen molar-refractivity contribution >= 4 is 35.1 Å². The Morgan fingerprint density at radius 1 is 1.22 bits per heavy atom. The molecular formula is C12H11Cl2NO3. The van der Waals surface area contributed by atoms with Crippen molar-refractivity contribution < 1.29 is 14.7 Å². The van der Waals surface area contributed by atoms with Crippen molar-refractivity contribution in [2.24, 2.45) is 5.92 Å². The van der Waals surface area contributed by atoms with Gasteiger partial charge in [0, 0.05) is 34.6 Å². The van der Waals surface area contributed by atoms with Crippen LogP contribution < -0.4 is 0 Å². The maximum Gasteiger partial charge on any atom is 0.303 e. The van der Waals surface area contributed by atoms with Gasteiger partial charge in [-0.25, -0.2) is 0 Å². The van der Waals surface area contributed by atoms with E-state index in [-0.39, 0.29) is 18.2 Å². The Kier molecular flexibility index (Phi) is 3.78. The fourth-order valence-corrected chi connectivity index (χ4v) is 2.50. The van der Waals surface area contributed by atoms with Gasteiger partial charge in [0.25, 0.3) is 5.91 Å². The SMILES string of the molecule is O=C(O)CC1CN(C(=O)c2cc(Cl)cc(Cl)c2)C1. The van der Waals surface area contributed by atoms with E-state index in [9.17, 15) is 9.59 Å². The Bertz CT molecular complexity index is 478. The molecule has 6 heteroatoms. The number of carbonyl (C=O) groups is 2. The molecule has 96 valence electrons. The number of hydrogen-bond donors (Lipinski definition) is 1. The summed E-state index contributed by atoms with van der Waals surface area (Å²) in [6.07, 6.45) is 0.0973. The van der Waals surface area contributed by atoms with E-state index in [1.807, 2.05) is 0 Å². The molecule has 4 nitrogen and oxygen atoms in total. The zero-order valence-corrected chi connectivity index (χ0v) is 10.9. The third-order valence-electron chi connectivity index (χ3n) is 2.82. The van der Waals surface area contributed by atoms with Crippen molar-refractivity contribution in [3.63, 3.8) is 0 Å². The molecule has 0 aromatic heterocycles. The highest BCUT2D eigenvalue weighted by Crippen LogP contribution is 2.24. The standard InChI is InChI=1S/C12H11Cl2NO3/c13-9-2-8(3-10(14)4-9)12(18)15-5-7(6-15)1-11(16)17/h2-4,7H,1,5-6H2,(H,16,17). The monoisotopic (exact) mass is 287 g/mol. The summed E-state index contributed by atoms with van der Waals surface area (Å²) in [5.74, 6) is -0.958. The molecule has 0 unspecified atom stereocenters. The lowest BCUT2D eigenvalue weighted by Gasteiger charge is -2.38. The van der Waals surface area contributed by atoms with Gasteiger partial charge < -0.3 is 10.0 Å². The summed E-state index contributed by atoms with van der Waals surface area (Å²) < 4.78 is 0. The number of rotatable bonds is 3. The predicted molar refractivity (Wildman–Crippen MR) is 68.1 cm³/mol. The second-order valence-electron chi connectivity index (χ2n) is 4.33. The van der Waals surface area contributed by atoms with Gasteiger partial charge in [0.2, 0.25) is 0 Å². The van der Waals surface area contributed by atoms with E-state index >= 15 is 0 Å². The number of carboxylic acid groups (broad SMARTS) is 1. The molecule has 0 bridgehead atoms. The minimum Gasteiger partial charge on any atom is -0.481 e. The van der Waals surface area contributed by atoms with Crippen LogP contribution >= 0.6 is 23.2 Å². The maximum atomic E-state index is 12.0. The Balaban J connectivity index is 1.99. The molecule has 1 heterocycles. The number of amides is 1. The van der Waals surface area contributed by atoms with Gasteiger partial charge in [-0.15, -0.1) is 0 Å². The topological polar surface area (TPSA) is 57.6 Å². The minimum atomic E-state index is -0.835. The molecule has 0 spiro atoms. The molecule has 1 aliphatic rings. The molecule has 1 amide bonds. The van der Waals surface area contributed by atoms with Crippen molar-refractivity contribution in [1.29, 1.82) is 0 Å². The number of aliphatic carboxylic acids is 1. The van der Waals surface area contributed by atoms with Crippen molar-refractivity contribution in [1.82, 2.24) is 4.90 Å². The van der Waals surface area contributed by atoms with E-state index in [2.05, 4.69) is 0 Å². The molecule has 0 aliphatic carbocycles. The van der Waals surface area contributed by atoms with Crippen molar-refractivity contribution in [2.45, 2.75) is 6.42 Å². The van der Waals surface area contributed by atoms with Crippen LogP contribution in [-0.4, -0.2) is 35.0 Å². The highest BCUT2D eigenvalue weighted by Gasteiger charge is 2.32. The molecule has 1 N–H and O–H groups in total. The van der Waals surface area contributed by atoms with Gasteiger partial charge in [0.15, 0.2) is 0 Å². The first kappa shape index (κ1) is 13.2. The van der Waals surface area contributed by atoms with Gasteiger partial charge in [-0.05, 0) is 18.2 Å². The normalized spacial score (nSPS) is 15.3. The lowest BCUT2D eigenvalue weighted by molar-refractivity contribution is -0.139. The summed E-state index contributed by atoms with van der Waals surface area (Å²) in [7, 11) is 0. The van der Waals surface area contributed by atoms with Crippen molar-refractivity contribution in [3.05, 3.63) is 33.8 Å². The third-order valence-corrected chi connectivity index (χ3v) is 3.25. The summed E-state index contributed by atoms with van der Waals surface area (Å²) in [5.41, 5.74) is 0.432. The van der Waals surface area contributed by atoms with Crippen LogP contribution in [0.15, 0.2) is 18.2 Å². The number of hydrogen-bond acceptors (Lipinski definition) is 2. The molecule has 1 aromatic carbocycles. The summed E-state index contributed by atoms with van der Waals surface area (Å²) in [6.45, 7) is 0.935. The van der Waals surface area contributed by atoms with E-state index in [1.54, 1.807) is 23.1 Å². The third kappa shape index (κ3) is 2.94. The van der Waals surface area contributed by atoms with Crippen LogP contribution in [0.2, 0.25) is 10.0 Å². The summed E-state index contributed by atoms with van der Waals surface area (Å²) in [6, 6.07) is 4.67. The van der Waals surface area contributed by atoms with Crippen molar-refractivity contribution in [2.75, 3.05) is 13.1 Å². The molecule has 1 saturated heterocycles. The molecule has 1 aromatic rings. The summed E-state index contributed by atoms with van der Waals surface area (Å²) in [5, 5.41) is 9.45. The highest BCUT2D eigenvalue weighted by molar-refractivity contribution is 6.35. The number of nitrogens with zero attached hydrogens (tertiary/aromatic N) is 1. The van der Waals surface area contributed by atoms with E-state index in [0.717, 1.165) is 0 Å². The van der Waals surface area contributed by atoms with Gasteiger partial charge in [-0.2, -0.15) is 0 Å². The first-order valence-corrected chi connectivity index (χ1v) is 6.18. The predicted octanol–water partition coefficient (Wildman–Crippen LogP) is 2.54. The Hall–Kier alpha value is -1.26. The van der Waals surface area contributed by atoms with Gasteiger partial charge in [0.1, 0.15) is 0 Å².